The van der Waals surface area contributed by atoms with Gasteiger partial charge in [0.05, 0.1) is 23.6 Å². The van der Waals surface area contributed by atoms with Crippen LogP contribution >= 0.6 is 0 Å². The Labute approximate surface area is 164 Å². The number of ether oxygens (including phenoxy) is 2. The molecule has 6 N–H and O–H groups in total. The van der Waals surface area contributed by atoms with Crippen molar-refractivity contribution in [1.82, 2.24) is 11.1 Å². The molecule has 0 aliphatic carbocycles. The number of para-hydroxylation sites is 1. The van der Waals surface area contributed by atoms with E-state index in [1.807, 2.05) is 27.7 Å². The van der Waals surface area contributed by atoms with Gasteiger partial charge in [0.25, 0.3) is 0 Å². The number of nitrogens with one attached hydrogen (secondary N) is 4. The Balaban J connectivity index is 2.11. The zero-order valence-electron chi connectivity index (χ0n) is 16.4. The van der Waals surface area contributed by atoms with Crippen molar-refractivity contribution in [2.75, 3.05) is 10.4 Å². The van der Waals surface area contributed by atoms with Crippen molar-refractivity contribution in [2.45, 2.75) is 39.9 Å². The maximum Gasteiger partial charge on any atom is 0.209 e. The Bertz CT molecular complexity index is 771. The van der Waals surface area contributed by atoms with Gasteiger partial charge in [-0.25, -0.2) is 9.40 Å². The van der Waals surface area contributed by atoms with E-state index in [0.29, 0.717) is 17.2 Å². The third-order valence-electron chi connectivity index (χ3n) is 3.33. The number of nitrogens with zero attached hydrogens (tertiary/aromatic N) is 1. The molecule has 0 heterocycles. The fraction of sp³-hybridized carbons (Fsp3) is 0.316. The van der Waals surface area contributed by atoms with Gasteiger partial charge in [-0.05, 0) is 39.8 Å². The van der Waals surface area contributed by atoms with E-state index in [2.05, 4.69) is 16.5 Å². The number of rotatable bonds is 9. The molecule has 0 saturated heterocycles. The average Bonchev–Trinajstić information content (AvgIpc) is 2.58. The standard InChI is InChI=1S/C19H27FN6O2/c1-12(2)27-15-9-14(10-16(11-15)28-13(3)4)23-24-25-26(19(21)22)18-8-6-5-7-17(18)20/h5-13,23-25H,1-4H3,(H3,21,22). The van der Waals surface area contributed by atoms with Crippen LogP contribution in [0, 0.1) is 11.2 Å². The van der Waals surface area contributed by atoms with Crippen molar-refractivity contribution in [2.24, 2.45) is 5.73 Å². The van der Waals surface area contributed by atoms with E-state index >= 15 is 0 Å². The Morgan fingerprint density at radius 1 is 1.04 bits per heavy atom. The number of hydrogen-bond acceptors (Lipinski definition) is 6. The first-order valence-electron chi connectivity index (χ1n) is 8.90. The maximum absolute atomic E-state index is 14.0. The van der Waals surface area contributed by atoms with E-state index in [0.717, 1.165) is 5.01 Å². The fourth-order valence-corrected chi connectivity index (χ4v) is 2.36. The number of guanidine groups is 1. The molecule has 8 nitrogen and oxygen atoms in total. The minimum Gasteiger partial charge on any atom is -0.491 e. The summed E-state index contributed by atoms with van der Waals surface area (Å²) >= 11 is 0. The third kappa shape index (κ3) is 6.29. The van der Waals surface area contributed by atoms with Gasteiger partial charge in [-0.15, -0.1) is 5.53 Å². The molecule has 2 rings (SSSR count). The SMILES string of the molecule is CC(C)Oc1cc(NNNN(C(=N)N)c2ccccc2F)cc(OC(C)C)c1. The van der Waals surface area contributed by atoms with Gasteiger partial charge in [0.2, 0.25) is 5.96 Å². The summed E-state index contributed by atoms with van der Waals surface area (Å²) in [5, 5.41) is 8.72. The van der Waals surface area contributed by atoms with Crippen molar-refractivity contribution in [1.29, 1.82) is 5.41 Å². The lowest BCUT2D eigenvalue weighted by atomic mass is 10.2. The Morgan fingerprint density at radius 2 is 1.61 bits per heavy atom. The van der Waals surface area contributed by atoms with Crippen LogP contribution in [0.3, 0.4) is 0 Å². The lowest BCUT2D eigenvalue weighted by molar-refractivity contribution is 0.229. The Hall–Kier alpha value is -3.04. The van der Waals surface area contributed by atoms with Gasteiger partial charge in [0, 0.05) is 18.2 Å². The van der Waals surface area contributed by atoms with E-state index in [1.165, 1.54) is 12.1 Å². The molecule has 0 aliphatic rings. The smallest absolute Gasteiger partial charge is 0.209 e. The van der Waals surface area contributed by atoms with Gasteiger partial charge in [0.1, 0.15) is 17.3 Å². The highest BCUT2D eigenvalue weighted by atomic mass is 19.1. The van der Waals surface area contributed by atoms with Gasteiger partial charge >= 0.3 is 0 Å². The lowest BCUT2D eigenvalue weighted by Gasteiger charge is -2.24. The van der Waals surface area contributed by atoms with Crippen molar-refractivity contribution in [3.05, 3.63) is 48.3 Å². The molecule has 2 aromatic rings. The molecule has 0 fully saturated rings. The van der Waals surface area contributed by atoms with Gasteiger partial charge in [-0.3, -0.25) is 5.41 Å². The average molecular weight is 390 g/mol. The van der Waals surface area contributed by atoms with Crippen LogP contribution in [-0.2, 0) is 0 Å². The first-order chi connectivity index (χ1) is 13.3. The van der Waals surface area contributed by atoms with E-state index in [4.69, 9.17) is 20.6 Å². The summed E-state index contributed by atoms with van der Waals surface area (Å²) in [7, 11) is 0. The van der Waals surface area contributed by atoms with Gasteiger partial charge in [-0.2, -0.15) is 5.53 Å². The molecule has 0 aliphatic heterocycles. The van der Waals surface area contributed by atoms with Crippen molar-refractivity contribution >= 4 is 17.3 Å². The minimum atomic E-state index is -0.521. The Kier molecular flexibility index (Phi) is 7.42. The summed E-state index contributed by atoms with van der Waals surface area (Å²) in [6.07, 6.45) is 0.00462. The molecule has 0 saturated carbocycles. The minimum absolute atomic E-state index is 0.00231. The van der Waals surface area contributed by atoms with Crippen LogP contribution in [0.4, 0.5) is 15.8 Å². The van der Waals surface area contributed by atoms with Crippen LogP contribution in [0.2, 0.25) is 0 Å². The summed E-state index contributed by atoms with van der Waals surface area (Å²) in [5.41, 5.74) is 14.5. The zero-order chi connectivity index (χ0) is 20.7. The number of benzene rings is 2. The molecule has 0 unspecified atom stereocenters. The molecular weight excluding hydrogens is 363 g/mol. The van der Waals surface area contributed by atoms with E-state index in [9.17, 15) is 4.39 Å². The number of halogens is 1. The van der Waals surface area contributed by atoms with E-state index in [-0.39, 0.29) is 23.9 Å². The van der Waals surface area contributed by atoms with E-state index < -0.39 is 5.82 Å². The molecule has 0 radical (unpaired) electrons. The Morgan fingerprint density at radius 3 is 2.11 bits per heavy atom. The highest BCUT2D eigenvalue weighted by Gasteiger charge is 2.13. The molecule has 0 aromatic heterocycles. The fourth-order valence-electron chi connectivity index (χ4n) is 2.36. The number of hydrazine groups is 3. The van der Waals surface area contributed by atoms with Crippen LogP contribution in [0.1, 0.15) is 27.7 Å². The summed E-state index contributed by atoms with van der Waals surface area (Å²) in [6, 6.07) is 11.3. The van der Waals surface area contributed by atoms with Crippen molar-refractivity contribution in [3.8, 4) is 11.5 Å². The first kappa shape index (κ1) is 21.3. The molecule has 0 atom stereocenters. The van der Waals surface area contributed by atoms with Gasteiger partial charge in [-0.1, -0.05) is 12.1 Å². The highest BCUT2D eigenvalue weighted by molar-refractivity contribution is 5.91. The quantitative estimate of drug-likeness (QED) is 0.254. The first-order valence-corrected chi connectivity index (χ1v) is 8.90. The predicted molar refractivity (Wildman–Crippen MR) is 109 cm³/mol. The largest absolute Gasteiger partial charge is 0.491 e. The molecule has 0 bridgehead atoms. The molecule has 28 heavy (non-hydrogen) atoms. The summed E-state index contributed by atoms with van der Waals surface area (Å²) < 4.78 is 25.5. The normalized spacial score (nSPS) is 10.8. The molecule has 0 spiro atoms. The van der Waals surface area contributed by atoms with E-state index in [1.54, 1.807) is 30.3 Å². The van der Waals surface area contributed by atoms with Gasteiger partial charge in [0.15, 0.2) is 0 Å². The topological polar surface area (TPSA) is 108 Å². The third-order valence-corrected chi connectivity index (χ3v) is 3.33. The molecule has 2 aromatic carbocycles. The van der Waals surface area contributed by atoms with Gasteiger partial charge < -0.3 is 20.6 Å². The maximum atomic E-state index is 14.0. The van der Waals surface area contributed by atoms with Crippen LogP contribution in [-0.4, -0.2) is 18.2 Å². The second-order valence-electron chi connectivity index (χ2n) is 6.56. The summed E-state index contributed by atoms with van der Waals surface area (Å²) in [4.78, 5) is 0. The van der Waals surface area contributed by atoms with Crippen molar-refractivity contribution in [3.63, 3.8) is 0 Å². The lowest BCUT2D eigenvalue weighted by Crippen LogP contribution is -2.55. The molecule has 0 amide bonds. The van der Waals surface area contributed by atoms with Crippen LogP contribution in [0.25, 0.3) is 0 Å². The summed E-state index contributed by atoms with van der Waals surface area (Å²) in [5.74, 6) is 0.358. The predicted octanol–water partition coefficient (Wildman–Crippen LogP) is 3.14. The van der Waals surface area contributed by atoms with Crippen LogP contribution in [0.15, 0.2) is 42.5 Å². The zero-order valence-corrected chi connectivity index (χ0v) is 16.4. The molecule has 152 valence electrons. The highest BCUT2D eigenvalue weighted by Crippen LogP contribution is 2.27. The monoisotopic (exact) mass is 390 g/mol. The number of hydrogen-bond donors (Lipinski definition) is 5. The second kappa shape index (κ2) is 9.77. The number of anilines is 2. The van der Waals surface area contributed by atoms with Crippen LogP contribution < -0.4 is 36.7 Å². The molecular formula is C19H27FN6O2. The van der Waals surface area contributed by atoms with Crippen molar-refractivity contribution < 1.29 is 13.9 Å². The number of nitrogens with two attached hydrogens (primary N) is 1. The van der Waals surface area contributed by atoms with Crippen LogP contribution in [0.5, 0.6) is 11.5 Å². The second-order valence-corrected chi connectivity index (χ2v) is 6.56. The summed E-state index contributed by atoms with van der Waals surface area (Å²) in [6.45, 7) is 7.73. The molecule has 9 heteroatoms.